The van der Waals surface area contributed by atoms with E-state index < -0.39 is 0 Å². The van der Waals surface area contributed by atoms with Gasteiger partial charge in [-0.05, 0) is 86.6 Å². The van der Waals surface area contributed by atoms with Crippen molar-refractivity contribution in [2.24, 2.45) is 0 Å². The second-order valence-electron chi connectivity index (χ2n) is 11.2. The van der Waals surface area contributed by atoms with Gasteiger partial charge in [0, 0.05) is 39.9 Å². The van der Waals surface area contributed by atoms with Crippen molar-refractivity contribution in [3.05, 3.63) is 158 Å². The van der Waals surface area contributed by atoms with Gasteiger partial charge in [0.2, 0.25) is 0 Å². The van der Waals surface area contributed by atoms with E-state index in [1.807, 2.05) is 12.3 Å². The molecule has 0 aliphatic rings. The summed E-state index contributed by atoms with van der Waals surface area (Å²) < 4.78 is 6.15. The molecule has 0 atom stereocenters. The van der Waals surface area contributed by atoms with Crippen LogP contribution < -0.4 is 4.90 Å². The van der Waals surface area contributed by atoms with Crippen LogP contribution in [-0.2, 0) is 0 Å². The molecule has 206 valence electrons. The maximum atomic E-state index is 6.15. The molecule has 2 heterocycles. The number of fused-ring (bicyclic) bond motifs is 8. The van der Waals surface area contributed by atoms with E-state index in [0.29, 0.717) is 0 Å². The Morgan fingerprint density at radius 2 is 1.16 bits per heavy atom. The Morgan fingerprint density at radius 1 is 0.455 bits per heavy atom. The number of anilines is 3. The highest BCUT2D eigenvalue weighted by Gasteiger charge is 2.18. The minimum Gasteiger partial charge on any atom is -0.456 e. The summed E-state index contributed by atoms with van der Waals surface area (Å²) in [5.41, 5.74) is 7.35. The molecular formula is C41H26N2O. The lowest BCUT2D eigenvalue weighted by Crippen LogP contribution is -2.10. The number of hydrogen-bond donors (Lipinski definition) is 0. The second kappa shape index (κ2) is 9.82. The average molecular weight is 563 g/mol. The molecule has 0 aliphatic carbocycles. The van der Waals surface area contributed by atoms with Gasteiger partial charge in [-0.3, -0.25) is 4.98 Å². The molecule has 2 aromatic heterocycles. The fourth-order valence-electron chi connectivity index (χ4n) is 6.65. The topological polar surface area (TPSA) is 29.3 Å². The molecule has 0 fully saturated rings. The Kier molecular flexibility index (Phi) is 5.50. The number of pyridine rings is 1. The SMILES string of the molecule is c1ccc(N(c2ccc(-c3ccc4c(c3)oc3ccncc34)cc2)c2cc3ccc4ccccc4c3c3ccccc23)cc1. The van der Waals surface area contributed by atoms with Crippen LogP contribution in [0, 0.1) is 0 Å². The summed E-state index contributed by atoms with van der Waals surface area (Å²) in [4.78, 5) is 6.65. The van der Waals surface area contributed by atoms with Crippen molar-refractivity contribution < 1.29 is 4.42 Å². The van der Waals surface area contributed by atoms with Crippen molar-refractivity contribution in [1.29, 1.82) is 0 Å². The minimum absolute atomic E-state index is 0.858. The van der Waals surface area contributed by atoms with Gasteiger partial charge in [0.15, 0.2) is 0 Å². The Morgan fingerprint density at radius 3 is 2.02 bits per heavy atom. The molecule has 0 unspecified atom stereocenters. The van der Waals surface area contributed by atoms with E-state index in [2.05, 4.69) is 149 Å². The van der Waals surface area contributed by atoms with E-state index in [1.165, 1.54) is 32.3 Å². The molecule has 0 radical (unpaired) electrons. The molecule has 0 saturated heterocycles. The standard InChI is InChI=1S/C41H26N2O/c1-2-9-31(10-3-1)43(38-24-30-15-14-28-8-4-5-11-33(28)41(30)36-13-7-6-12-34(36)38)32-19-16-27(17-20-32)29-18-21-35-37-26-42-23-22-39(37)44-40(35)25-29/h1-26H. The lowest BCUT2D eigenvalue weighted by atomic mass is 9.94. The van der Waals surface area contributed by atoms with Gasteiger partial charge in [0.25, 0.3) is 0 Å². The molecular weight excluding hydrogens is 536 g/mol. The van der Waals surface area contributed by atoms with Crippen LogP contribution in [0.2, 0.25) is 0 Å². The molecule has 7 aromatic carbocycles. The van der Waals surface area contributed by atoms with E-state index >= 15 is 0 Å². The second-order valence-corrected chi connectivity index (χ2v) is 11.2. The highest BCUT2D eigenvalue weighted by atomic mass is 16.3. The maximum Gasteiger partial charge on any atom is 0.138 e. The lowest BCUT2D eigenvalue weighted by molar-refractivity contribution is 0.668. The van der Waals surface area contributed by atoms with E-state index in [0.717, 1.165) is 50.1 Å². The van der Waals surface area contributed by atoms with Gasteiger partial charge in [-0.1, -0.05) is 97.1 Å². The fourth-order valence-corrected chi connectivity index (χ4v) is 6.65. The van der Waals surface area contributed by atoms with E-state index in [4.69, 9.17) is 4.42 Å². The van der Waals surface area contributed by atoms with Gasteiger partial charge in [0.05, 0.1) is 5.69 Å². The van der Waals surface area contributed by atoms with E-state index in [1.54, 1.807) is 6.20 Å². The Balaban J connectivity index is 1.21. The number of benzene rings is 7. The quantitative estimate of drug-likeness (QED) is 0.200. The Bertz CT molecular complexity index is 2490. The molecule has 0 aliphatic heterocycles. The number of hydrogen-bond acceptors (Lipinski definition) is 3. The number of aromatic nitrogens is 1. The van der Waals surface area contributed by atoms with Crippen LogP contribution in [0.1, 0.15) is 0 Å². The third kappa shape index (κ3) is 3.87. The van der Waals surface area contributed by atoms with Gasteiger partial charge in [0.1, 0.15) is 11.2 Å². The predicted molar refractivity (Wildman–Crippen MR) is 184 cm³/mol. The van der Waals surface area contributed by atoms with Gasteiger partial charge in [-0.2, -0.15) is 0 Å². The first kappa shape index (κ1) is 24.6. The molecule has 3 nitrogen and oxygen atoms in total. The van der Waals surface area contributed by atoms with Gasteiger partial charge < -0.3 is 9.32 Å². The van der Waals surface area contributed by atoms with Crippen LogP contribution in [0.4, 0.5) is 17.1 Å². The smallest absolute Gasteiger partial charge is 0.138 e. The van der Waals surface area contributed by atoms with Gasteiger partial charge in [-0.25, -0.2) is 0 Å². The predicted octanol–water partition coefficient (Wildman–Crippen LogP) is 11.6. The molecule has 0 saturated carbocycles. The third-order valence-electron chi connectivity index (χ3n) is 8.71. The summed E-state index contributed by atoms with van der Waals surface area (Å²) in [6.45, 7) is 0. The Labute approximate surface area is 254 Å². The molecule has 44 heavy (non-hydrogen) atoms. The normalized spacial score (nSPS) is 11.6. The first-order chi connectivity index (χ1) is 21.8. The summed E-state index contributed by atoms with van der Waals surface area (Å²) in [5.74, 6) is 0. The van der Waals surface area contributed by atoms with Crippen molar-refractivity contribution in [2.75, 3.05) is 4.90 Å². The molecule has 0 N–H and O–H groups in total. The van der Waals surface area contributed by atoms with Crippen LogP contribution in [0.15, 0.2) is 162 Å². The maximum absolute atomic E-state index is 6.15. The largest absolute Gasteiger partial charge is 0.456 e. The number of nitrogens with zero attached hydrogens (tertiary/aromatic N) is 2. The van der Waals surface area contributed by atoms with Crippen LogP contribution in [0.3, 0.4) is 0 Å². The van der Waals surface area contributed by atoms with Crippen LogP contribution >= 0.6 is 0 Å². The Hall–Kier alpha value is -5.93. The molecule has 9 aromatic rings. The summed E-state index contributed by atoms with van der Waals surface area (Å²) in [6, 6.07) is 52.1. The van der Waals surface area contributed by atoms with Crippen LogP contribution in [0.5, 0.6) is 0 Å². The highest BCUT2D eigenvalue weighted by molar-refractivity contribution is 6.23. The minimum atomic E-state index is 0.858. The van der Waals surface area contributed by atoms with Crippen molar-refractivity contribution in [1.82, 2.24) is 4.98 Å². The molecule has 3 heteroatoms. The summed E-state index contributed by atoms with van der Waals surface area (Å²) in [6.07, 6.45) is 3.64. The molecule has 0 amide bonds. The number of furan rings is 1. The number of para-hydroxylation sites is 1. The zero-order chi connectivity index (χ0) is 29.0. The van der Waals surface area contributed by atoms with Crippen molar-refractivity contribution in [3.8, 4) is 11.1 Å². The summed E-state index contributed by atoms with van der Waals surface area (Å²) >= 11 is 0. The number of rotatable bonds is 4. The third-order valence-corrected chi connectivity index (χ3v) is 8.71. The first-order valence-electron chi connectivity index (χ1n) is 14.9. The molecule has 0 bridgehead atoms. The van der Waals surface area contributed by atoms with Gasteiger partial charge >= 0.3 is 0 Å². The van der Waals surface area contributed by atoms with Gasteiger partial charge in [-0.15, -0.1) is 0 Å². The average Bonchev–Trinajstić information content (AvgIpc) is 3.47. The zero-order valence-electron chi connectivity index (χ0n) is 23.8. The van der Waals surface area contributed by atoms with Crippen molar-refractivity contribution >= 4 is 71.3 Å². The highest BCUT2D eigenvalue weighted by Crippen LogP contribution is 2.44. The van der Waals surface area contributed by atoms with Crippen molar-refractivity contribution in [3.63, 3.8) is 0 Å². The zero-order valence-corrected chi connectivity index (χ0v) is 23.8. The summed E-state index contributed by atoms with van der Waals surface area (Å²) in [7, 11) is 0. The van der Waals surface area contributed by atoms with E-state index in [-0.39, 0.29) is 0 Å². The van der Waals surface area contributed by atoms with Crippen LogP contribution in [0.25, 0.3) is 65.4 Å². The van der Waals surface area contributed by atoms with E-state index in [9.17, 15) is 0 Å². The molecule has 0 spiro atoms. The molecule has 9 rings (SSSR count). The first-order valence-corrected chi connectivity index (χ1v) is 14.9. The lowest BCUT2D eigenvalue weighted by Gasteiger charge is -2.28. The van der Waals surface area contributed by atoms with Crippen LogP contribution in [-0.4, -0.2) is 4.98 Å². The summed E-state index contributed by atoms with van der Waals surface area (Å²) in [5, 5.41) is 9.65. The monoisotopic (exact) mass is 562 g/mol. The van der Waals surface area contributed by atoms with Crippen molar-refractivity contribution in [2.45, 2.75) is 0 Å². The fraction of sp³-hybridized carbons (Fsp3) is 0.